The van der Waals surface area contributed by atoms with E-state index in [1.54, 1.807) is 7.11 Å². The molecule has 0 radical (unpaired) electrons. The van der Waals surface area contributed by atoms with Gasteiger partial charge in [-0.25, -0.2) is 0 Å². The van der Waals surface area contributed by atoms with Gasteiger partial charge in [0.15, 0.2) is 0 Å². The predicted molar refractivity (Wildman–Crippen MR) is 88.0 cm³/mol. The normalized spacial score (nSPS) is 11.5. The molecule has 2 N–H and O–H groups in total. The molecule has 2 rings (SSSR count). The first-order chi connectivity index (χ1) is 9.78. The molecule has 0 fully saturated rings. The van der Waals surface area contributed by atoms with E-state index >= 15 is 0 Å². The first kappa shape index (κ1) is 17.5. The summed E-state index contributed by atoms with van der Waals surface area (Å²) in [6, 6.07) is 18.1. The Kier molecular flexibility index (Phi) is 7.83. The summed E-state index contributed by atoms with van der Waals surface area (Å²) in [6.07, 6.45) is 0.804. The van der Waals surface area contributed by atoms with Crippen molar-refractivity contribution in [1.82, 2.24) is 0 Å². The van der Waals surface area contributed by atoms with E-state index in [1.807, 2.05) is 42.5 Å². The molecule has 0 unspecified atom stereocenters. The van der Waals surface area contributed by atoms with Crippen LogP contribution in [-0.4, -0.2) is 19.8 Å². The second-order valence-corrected chi connectivity index (χ2v) is 4.81. The molecule has 0 saturated heterocycles. The first-order valence-electron chi connectivity index (χ1n) is 6.78. The van der Waals surface area contributed by atoms with Gasteiger partial charge >= 0.3 is 0 Å². The number of methoxy groups -OCH3 is 1. The molecule has 0 aliphatic heterocycles. The highest BCUT2D eigenvalue weighted by Crippen LogP contribution is 2.12. The minimum Gasteiger partial charge on any atom is -0.497 e. The van der Waals surface area contributed by atoms with Crippen molar-refractivity contribution in [1.29, 1.82) is 0 Å². The zero-order chi connectivity index (χ0) is 14.2. The van der Waals surface area contributed by atoms with Crippen molar-refractivity contribution in [2.24, 2.45) is 5.73 Å². The summed E-state index contributed by atoms with van der Waals surface area (Å²) < 4.78 is 10.8. The van der Waals surface area contributed by atoms with Crippen LogP contribution in [0.1, 0.15) is 11.1 Å². The van der Waals surface area contributed by atoms with Crippen LogP contribution in [0.3, 0.4) is 0 Å². The van der Waals surface area contributed by atoms with Crippen molar-refractivity contribution in [2.45, 2.75) is 19.1 Å². The summed E-state index contributed by atoms with van der Waals surface area (Å²) in [5, 5.41) is 0. The fourth-order valence-corrected chi connectivity index (χ4v) is 2.03. The van der Waals surface area contributed by atoms with E-state index in [4.69, 9.17) is 15.2 Å². The standard InChI is InChI=1S/C17H21NO2.ClH/c1-19-17-9-7-14(8-10-17)11-16(18)13-20-12-15-5-3-2-4-6-15;/h2-10,16H,11-13,18H2,1H3;1H/t16-;/m1./s1. The molecular weight excluding hydrogens is 286 g/mol. The molecule has 0 saturated carbocycles. The van der Waals surface area contributed by atoms with Crippen LogP contribution in [0.4, 0.5) is 0 Å². The van der Waals surface area contributed by atoms with Gasteiger partial charge in [0.25, 0.3) is 0 Å². The van der Waals surface area contributed by atoms with Crippen molar-refractivity contribution in [3.63, 3.8) is 0 Å². The van der Waals surface area contributed by atoms with Crippen molar-refractivity contribution in [3.8, 4) is 5.75 Å². The monoisotopic (exact) mass is 307 g/mol. The molecule has 2 aromatic rings. The van der Waals surface area contributed by atoms with Crippen LogP contribution in [-0.2, 0) is 17.8 Å². The van der Waals surface area contributed by atoms with Gasteiger partial charge in [-0.2, -0.15) is 0 Å². The average molecular weight is 308 g/mol. The van der Waals surface area contributed by atoms with Crippen LogP contribution in [0.25, 0.3) is 0 Å². The number of ether oxygens (including phenoxy) is 2. The van der Waals surface area contributed by atoms with Crippen molar-refractivity contribution in [3.05, 3.63) is 65.7 Å². The molecule has 0 amide bonds. The highest BCUT2D eigenvalue weighted by molar-refractivity contribution is 5.85. The molecular formula is C17H22ClNO2. The van der Waals surface area contributed by atoms with Crippen LogP contribution in [0.15, 0.2) is 54.6 Å². The number of nitrogens with two attached hydrogens (primary N) is 1. The summed E-state index contributed by atoms with van der Waals surface area (Å²) in [4.78, 5) is 0. The number of benzene rings is 2. The van der Waals surface area contributed by atoms with E-state index < -0.39 is 0 Å². The zero-order valence-corrected chi connectivity index (χ0v) is 13.0. The van der Waals surface area contributed by atoms with E-state index in [9.17, 15) is 0 Å². The highest BCUT2D eigenvalue weighted by atomic mass is 35.5. The Labute approximate surface area is 132 Å². The number of rotatable bonds is 7. The van der Waals surface area contributed by atoms with Gasteiger partial charge in [0.05, 0.1) is 20.3 Å². The number of hydrogen-bond donors (Lipinski definition) is 1. The number of hydrogen-bond acceptors (Lipinski definition) is 3. The molecule has 4 heteroatoms. The third-order valence-corrected chi connectivity index (χ3v) is 3.10. The minimum absolute atomic E-state index is 0. The molecule has 0 bridgehead atoms. The van der Waals surface area contributed by atoms with Gasteiger partial charge in [0.2, 0.25) is 0 Å². The van der Waals surface area contributed by atoms with Crippen LogP contribution >= 0.6 is 12.4 Å². The SMILES string of the molecule is COc1ccc(C[C@@H](N)COCc2ccccc2)cc1.Cl. The lowest BCUT2D eigenvalue weighted by Crippen LogP contribution is -2.28. The number of halogens is 1. The van der Waals surface area contributed by atoms with Crippen molar-refractivity contribution >= 4 is 12.4 Å². The van der Waals surface area contributed by atoms with Gasteiger partial charge in [0.1, 0.15) is 5.75 Å². The molecule has 21 heavy (non-hydrogen) atoms. The Morgan fingerprint density at radius 2 is 1.62 bits per heavy atom. The summed E-state index contributed by atoms with van der Waals surface area (Å²) in [5.74, 6) is 0.864. The third-order valence-electron chi connectivity index (χ3n) is 3.10. The van der Waals surface area contributed by atoms with Gasteiger partial charge in [-0.15, -0.1) is 12.4 Å². The molecule has 0 aliphatic rings. The Hall–Kier alpha value is -1.55. The van der Waals surface area contributed by atoms with Gasteiger partial charge in [-0.3, -0.25) is 0 Å². The highest BCUT2D eigenvalue weighted by Gasteiger charge is 2.05. The predicted octanol–water partition coefficient (Wildman–Crippen LogP) is 3.20. The molecule has 0 aromatic heterocycles. The second kappa shape index (κ2) is 9.40. The maximum Gasteiger partial charge on any atom is 0.118 e. The van der Waals surface area contributed by atoms with Crippen LogP contribution in [0, 0.1) is 0 Å². The summed E-state index contributed by atoms with van der Waals surface area (Å²) in [7, 11) is 1.66. The van der Waals surface area contributed by atoms with Gasteiger partial charge in [-0.1, -0.05) is 42.5 Å². The van der Waals surface area contributed by atoms with E-state index in [2.05, 4.69) is 12.1 Å². The fourth-order valence-electron chi connectivity index (χ4n) is 2.03. The molecule has 1 atom stereocenters. The average Bonchev–Trinajstić information content (AvgIpc) is 2.49. The minimum atomic E-state index is 0. The van der Waals surface area contributed by atoms with Crippen LogP contribution < -0.4 is 10.5 Å². The molecule has 0 heterocycles. The maximum atomic E-state index is 6.08. The van der Waals surface area contributed by atoms with Gasteiger partial charge in [-0.05, 0) is 29.7 Å². The molecule has 2 aromatic carbocycles. The maximum absolute atomic E-state index is 6.08. The molecule has 0 aliphatic carbocycles. The largest absolute Gasteiger partial charge is 0.497 e. The topological polar surface area (TPSA) is 44.5 Å². The lowest BCUT2D eigenvalue weighted by molar-refractivity contribution is 0.108. The zero-order valence-electron chi connectivity index (χ0n) is 12.2. The Morgan fingerprint density at radius 3 is 2.24 bits per heavy atom. The van der Waals surface area contributed by atoms with E-state index in [-0.39, 0.29) is 18.4 Å². The first-order valence-corrected chi connectivity index (χ1v) is 6.78. The summed E-state index contributed by atoms with van der Waals surface area (Å²) in [5.41, 5.74) is 8.45. The van der Waals surface area contributed by atoms with Crippen LogP contribution in [0.2, 0.25) is 0 Å². The van der Waals surface area contributed by atoms with E-state index in [1.165, 1.54) is 11.1 Å². The van der Waals surface area contributed by atoms with E-state index in [0.29, 0.717) is 13.2 Å². The van der Waals surface area contributed by atoms with Crippen LogP contribution in [0.5, 0.6) is 5.75 Å². The summed E-state index contributed by atoms with van der Waals surface area (Å²) >= 11 is 0. The molecule has 114 valence electrons. The fraction of sp³-hybridized carbons (Fsp3) is 0.294. The van der Waals surface area contributed by atoms with Gasteiger partial charge < -0.3 is 15.2 Å². The molecule has 0 spiro atoms. The second-order valence-electron chi connectivity index (χ2n) is 4.81. The lowest BCUT2D eigenvalue weighted by Gasteiger charge is -2.12. The molecule has 3 nitrogen and oxygen atoms in total. The third kappa shape index (κ3) is 6.17. The summed E-state index contributed by atoms with van der Waals surface area (Å²) in [6.45, 7) is 1.16. The Morgan fingerprint density at radius 1 is 0.952 bits per heavy atom. The van der Waals surface area contributed by atoms with Gasteiger partial charge in [0, 0.05) is 6.04 Å². The Bertz CT molecular complexity index is 502. The Balaban J connectivity index is 0.00000220. The van der Waals surface area contributed by atoms with Crippen molar-refractivity contribution < 1.29 is 9.47 Å². The van der Waals surface area contributed by atoms with Crippen molar-refractivity contribution in [2.75, 3.05) is 13.7 Å². The quantitative estimate of drug-likeness (QED) is 0.854. The lowest BCUT2D eigenvalue weighted by atomic mass is 10.1. The smallest absolute Gasteiger partial charge is 0.118 e. The van der Waals surface area contributed by atoms with E-state index in [0.717, 1.165) is 12.2 Å².